The lowest BCUT2D eigenvalue weighted by atomic mass is 10.1. The van der Waals surface area contributed by atoms with Crippen LogP contribution in [0.4, 0.5) is 11.4 Å². The van der Waals surface area contributed by atoms with Crippen molar-refractivity contribution in [2.75, 3.05) is 5.32 Å². The number of ether oxygens (including phenoxy) is 1. The fourth-order valence-corrected chi connectivity index (χ4v) is 2.59. The number of hydrogen-bond acceptors (Lipinski definition) is 4. The minimum atomic E-state index is -0.543. The lowest BCUT2D eigenvalue weighted by molar-refractivity contribution is -0.384. The molecule has 3 rings (SSSR count). The fourth-order valence-electron chi connectivity index (χ4n) is 2.16. The van der Waals surface area contributed by atoms with Crippen molar-refractivity contribution < 1.29 is 14.5 Å². The monoisotopic (exact) mass is 338 g/mol. The Labute approximate surface area is 134 Å². The Morgan fingerprint density at radius 3 is 2.55 bits per heavy atom. The van der Waals surface area contributed by atoms with Crippen LogP contribution in [0, 0.1) is 10.1 Å². The highest BCUT2D eigenvalue weighted by Gasteiger charge is 2.25. The number of non-ortho nitro benzene ring substituents is 1. The van der Waals surface area contributed by atoms with Gasteiger partial charge in [-0.2, -0.15) is 0 Å². The third-order valence-electron chi connectivity index (χ3n) is 3.17. The molecule has 0 unspecified atom stereocenters. The predicted octanol–water partition coefficient (Wildman–Crippen LogP) is 4.19. The quantitative estimate of drug-likeness (QED) is 0.671. The van der Waals surface area contributed by atoms with E-state index in [0.717, 1.165) is 0 Å². The molecule has 0 saturated carbocycles. The molecule has 22 heavy (non-hydrogen) atoms. The van der Waals surface area contributed by atoms with Crippen LogP contribution in [0.3, 0.4) is 0 Å². The normalized spacial score (nSPS) is 12.7. The zero-order valence-electron chi connectivity index (χ0n) is 10.9. The van der Waals surface area contributed by atoms with Crippen LogP contribution >= 0.6 is 23.2 Å². The van der Waals surface area contributed by atoms with E-state index in [4.69, 9.17) is 27.9 Å². The summed E-state index contributed by atoms with van der Waals surface area (Å²) in [4.78, 5) is 21.7. The molecule has 6 nitrogen and oxygen atoms in total. The molecule has 8 heteroatoms. The van der Waals surface area contributed by atoms with Crippen LogP contribution in [0.25, 0.3) is 0 Å². The number of rotatable bonds is 3. The maximum Gasteiger partial charge on any atom is 0.271 e. The van der Waals surface area contributed by atoms with Crippen LogP contribution in [-0.2, 0) is 11.2 Å². The summed E-state index contributed by atoms with van der Waals surface area (Å²) in [5, 5.41) is 13.9. The van der Waals surface area contributed by atoms with Crippen molar-refractivity contribution in [2.45, 2.75) is 6.42 Å². The highest BCUT2D eigenvalue weighted by molar-refractivity contribution is 6.34. The van der Waals surface area contributed by atoms with Crippen molar-refractivity contribution >= 4 is 40.5 Å². The summed E-state index contributed by atoms with van der Waals surface area (Å²) < 4.78 is 5.68. The number of halogens is 2. The van der Waals surface area contributed by atoms with Crippen LogP contribution in [0.5, 0.6) is 11.5 Å². The van der Waals surface area contributed by atoms with Gasteiger partial charge in [0.1, 0.15) is 11.5 Å². The molecule has 0 spiro atoms. The molecule has 112 valence electrons. The van der Waals surface area contributed by atoms with Gasteiger partial charge in [0.15, 0.2) is 0 Å². The molecule has 0 bridgehead atoms. The number of carbonyl (C=O) groups is 1. The average Bonchev–Trinajstić information content (AvgIpc) is 2.86. The number of anilines is 1. The van der Waals surface area contributed by atoms with Gasteiger partial charge < -0.3 is 10.1 Å². The zero-order valence-corrected chi connectivity index (χ0v) is 12.4. The number of nitro groups is 1. The smallest absolute Gasteiger partial charge is 0.271 e. The van der Waals surface area contributed by atoms with E-state index >= 15 is 0 Å². The Hall–Kier alpha value is -2.31. The number of fused-ring (bicyclic) bond motifs is 1. The summed E-state index contributed by atoms with van der Waals surface area (Å²) in [6.07, 6.45) is 0.149. The Balaban J connectivity index is 1.97. The first-order valence-electron chi connectivity index (χ1n) is 6.18. The minimum absolute atomic E-state index is 0.107. The molecule has 1 aliphatic rings. The number of amides is 1. The van der Waals surface area contributed by atoms with Gasteiger partial charge in [0.25, 0.3) is 5.69 Å². The van der Waals surface area contributed by atoms with Crippen LogP contribution in [0.2, 0.25) is 10.0 Å². The maximum atomic E-state index is 11.5. The Kier molecular flexibility index (Phi) is 3.64. The van der Waals surface area contributed by atoms with Crippen LogP contribution in [0.1, 0.15) is 5.56 Å². The predicted molar refractivity (Wildman–Crippen MR) is 82.0 cm³/mol. The Morgan fingerprint density at radius 1 is 1.14 bits per heavy atom. The van der Waals surface area contributed by atoms with E-state index in [2.05, 4.69) is 5.32 Å². The molecule has 0 saturated heterocycles. The Morgan fingerprint density at radius 2 is 1.86 bits per heavy atom. The number of nitrogens with one attached hydrogen (secondary N) is 1. The largest absolute Gasteiger partial charge is 0.455 e. The number of carbonyl (C=O) groups excluding carboxylic acids is 1. The number of hydrogen-bond donors (Lipinski definition) is 1. The molecule has 2 aromatic carbocycles. The highest BCUT2D eigenvalue weighted by Crippen LogP contribution is 2.41. The van der Waals surface area contributed by atoms with E-state index in [0.29, 0.717) is 22.0 Å². The first-order valence-corrected chi connectivity index (χ1v) is 6.94. The minimum Gasteiger partial charge on any atom is -0.455 e. The first kappa shape index (κ1) is 14.6. The van der Waals surface area contributed by atoms with Gasteiger partial charge in [0.05, 0.1) is 27.1 Å². The third-order valence-corrected chi connectivity index (χ3v) is 3.78. The van der Waals surface area contributed by atoms with Crippen molar-refractivity contribution in [3.63, 3.8) is 0 Å². The second kappa shape index (κ2) is 5.47. The summed E-state index contributed by atoms with van der Waals surface area (Å²) in [6.45, 7) is 0. The first-order chi connectivity index (χ1) is 10.5. The van der Waals surface area contributed by atoms with Crippen molar-refractivity contribution in [1.82, 2.24) is 0 Å². The molecular formula is C14H8Cl2N2O4. The third kappa shape index (κ3) is 2.58. The summed E-state index contributed by atoms with van der Waals surface area (Å²) >= 11 is 12.0. The summed E-state index contributed by atoms with van der Waals surface area (Å²) in [5.41, 5.74) is 1.02. The highest BCUT2D eigenvalue weighted by atomic mass is 35.5. The van der Waals surface area contributed by atoms with Gasteiger partial charge in [-0.25, -0.2) is 0 Å². The molecule has 0 fully saturated rings. The van der Waals surface area contributed by atoms with Crippen LogP contribution in [-0.4, -0.2) is 10.8 Å². The van der Waals surface area contributed by atoms with E-state index in [1.165, 1.54) is 18.2 Å². The molecule has 1 heterocycles. The van der Waals surface area contributed by atoms with E-state index in [9.17, 15) is 14.9 Å². The van der Waals surface area contributed by atoms with Crippen molar-refractivity contribution in [3.05, 3.63) is 56.1 Å². The average molecular weight is 339 g/mol. The second-order valence-corrected chi connectivity index (χ2v) is 5.41. The lowest BCUT2D eigenvalue weighted by Gasteiger charge is -2.11. The molecule has 0 aromatic heterocycles. The molecular weight excluding hydrogens is 331 g/mol. The molecule has 2 aromatic rings. The summed E-state index contributed by atoms with van der Waals surface area (Å²) in [5.74, 6) is 0.507. The van der Waals surface area contributed by atoms with E-state index in [-0.39, 0.29) is 28.8 Å². The number of nitro benzene ring substituents is 1. The standard InChI is InChI=1S/C14H8Cl2N2O4/c15-9-2-4-11(8-6-13(19)17-14(8)9)22-12-3-1-7(18(20)21)5-10(12)16/h1-5H,6H2,(H,17,19). The van der Waals surface area contributed by atoms with Crippen LogP contribution in [0.15, 0.2) is 30.3 Å². The zero-order chi connectivity index (χ0) is 15.9. The SMILES string of the molecule is O=C1Cc2c(Oc3ccc([N+](=O)[O-])cc3Cl)ccc(Cl)c2N1. The Bertz CT molecular complexity index is 808. The molecule has 0 radical (unpaired) electrons. The second-order valence-electron chi connectivity index (χ2n) is 4.60. The molecule has 0 atom stereocenters. The molecule has 1 aliphatic heterocycles. The van der Waals surface area contributed by atoms with Crippen molar-refractivity contribution in [1.29, 1.82) is 0 Å². The molecule has 1 N–H and O–H groups in total. The van der Waals surface area contributed by atoms with Gasteiger partial charge in [0, 0.05) is 17.7 Å². The topological polar surface area (TPSA) is 81.5 Å². The van der Waals surface area contributed by atoms with Gasteiger partial charge in [-0.3, -0.25) is 14.9 Å². The van der Waals surface area contributed by atoms with E-state index in [1.54, 1.807) is 12.1 Å². The lowest BCUT2D eigenvalue weighted by Crippen LogP contribution is -2.03. The fraction of sp³-hybridized carbons (Fsp3) is 0.0714. The van der Waals surface area contributed by atoms with Gasteiger partial charge >= 0.3 is 0 Å². The van der Waals surface area contributed by atoms with E-state index < -0.39 is 4.92 Å². The maximum absolute atomic E-state index is 11.5. The van der Waals surface area contributed by atoms with Crippen molar-refractivity contribution in [2.24, 2.45) is 0 Å². The van der Waals surface area contributed by atoms with Gasteiger partial charge in [0.2, 0.25) is 5.91 Å². The van der Waals surface area contributed by atoms with Crippen LogP contribution < -0.4 is 10.1 Å². The number of nitrogens with zero attached hydrogens (tertiary/aromatic N) is 1. The summed E-state index contributed by atoms with van der Waals surface area (Å²) in [7, 11) is 0. The van der Waals surface area contributed by atoms with Gasteiger partial charge in [-0.1, -0.05) is 23.2 Å². The summed E-state index contributed by atoms with van der Waals surface area (Å²) in [6, 6.07) is 7.13. The van der Waals surface area contributed by atoms with Gasteiger partial charge in [-0.15, -0.1) is 0 Å². The van der Waals surface area contributed by atoms with Crippen molar-refractivity contribution in [3.8, 4) is 11.5 Å². The number of benzene rings is 2. The van der Waals surface area contributed by atoms with Gasteiger partial charge in [-0.05, 0) is 18.2 Å². The molecule has 0 aliphatic carbocycles. The molecule has 1 amide bonds. The van der Waals surface area contributed by atoms with E-state index in [1.807, 2.05) is 0 Å².